The molecule has 96 valence electrons. The minimum absolute atomic E-state index is 0.0189. The van der Waals surface area contributed by atoms with Crippen molar-refractivity contribution in [2.24, 2.45) is 0 Å². The number of pyridine rings is 1. The summed E-state index contributed by atoms with van der Waals surface area (Å²) in [6.07, 6.45) is 0. The molecule has 18 heavy (non-hydrogen) atoms. The van der Waals surface area contributed by atoms with Crippen LogP contribution < -0.4 is 4.72 Å². The van der Waals surface area contributed by atoms with Gasteiger partial charge in [-0.3, -0.25) is 4.72 Å². The molecule has 1 N–H and O–H groups in total. The van der Waals surface area contributed by atoms with Crippen LogP contribution >= 0.6 is 38.9 Å². The van der Waals surface area contributed by atoms with E-state index >= 15 is 0 Å². The molecule has 0 saturated carbocycles. The summed E-state index contributed by atoms with van der Waals surface area (Å²) in [6.45, 7) is 0. The van der Waals surface area contributed by atoms with Gasteiger partial charge in [0.1, 0.15) is 10.0 Å². The van der Waals surface area contributed by atoms with Gasteiger partial charge in [0, 0.05) is 0 Å². The Labute approximate surface area is 120 Å². The molecule has 0 aliphatic carbocycles. The zero-order chi connectivity index (χ0) is 13.3. The second-order valence-electron chi connectivity index (χ2n) is 3.14. The van der Waals surface area contributed by atoms with Gasteiger partial charge in [-0.05, 0) is 34.1 Å². The Morgan fingerprint density at radius 2 is 2.17 bits per heavy atom. The van der Waals surface area contributed by atoms with Crippen molar-refractivity contribution >= 4 is 54.7 Å². The first-order valence-corrected chi connectivity index (χ1v) is 7.96. The zero-order valence-electron chi connectivity index (χ0n) is 8.52. The number of sulfonamides is 1. The summed E-state index contributed by atoms with van der Waals surface area (Å²) in [6, 6.07) is 5.14. The van der Waals surface area contributed by atoms with E-state index in [0.29, 0.717) is 8.81 Å². The van der Waals surface area contributed by atoms with Crippen LogP contribution in [0.25, 0.3) is 0 Å². The van der Waals surface area contributed by atoms with Gasteiger partial charge in [-0.2, -0.15) is 4.39 Å². The molecule has 2 aromatic rings. The first-order chi connectivity index (χ1) is 8.38. The predicted octanol–water partition coefficient (Wildman–Crippen LogP) is 3.50. The topological polar surface area (TPSA) is 59.1 Å². The van der Waals surface area contributed by atoms with Crippen LogP contribution in [-0.2, 0) is 10.0 Å². The summed E-state index contributed by atoms with van der Waals surface area (Å²) in [7, 11) is -3.81. The molecule has 0 bridgehead atoms. The fraction of sp³-hybridized carbons (Fsp3) is 0. The van der Waals surface area contributed by atoms with E-state index in [1.165, 1.54) is 18.2 Å². The van der Waals surface area contributed by atoms with Crippen LogP contribution in [0.3, 0.4) is 0 Å². The number of thiophene rings is 1. The summed E-state index contributed by atoms with van der Waals surface area (Å²) in [5, 5.41) is 0.299. The predicted molar refractivity (Wildman–Crippen MR) is 72.0 cm³/mol. The molecule has 0 radical (unpaired) electrons. The molecule has 0 saturated heterocycles. The second-order valence-corrected chi connectivity index (χ2v) is 7.82. The molecule has 2 aromatic heterocycles. The van der Waals surface area contributed by atoms with Crippen molar-refractivity contribution in [1.82, 2.24) is 4.98 Å². The molecule has 0 fully saturated rings. The summed E-state index contributed by atoms with van der Waals surface area (Å²) in [5.41, 5.74) is 0. The van der Waals surface area contributed by atoms with Crippen molar-refractivity contribution in [3.8, 4) is 0 Å². The van der Waals surface area contributed by atoms with E-state index in [9.17, 15) is 12.8 Å². The Hall–Kier alpha value is -0.700. The molecular formula is C9H5BrClFN2O2S2. The fourth-order valence-electron chi connectivity index (χ4n) is 1.11. The van der Waals surface area contributed by atoms with Crippen molar-refractivity contribution in [3.05, 3.63) is 39.0 Å². The van der Waals surface area contributed by atoms with E-state index in [1.807, 2.05) is 0 Å². The van der Waals surface area contributed by atoms with E-state index in [2.05, 4.69) is 25.6 Å². The number of hydrogen-bond acceptors (Lipinski definition) is 4. The van der Waals surface area contributed by atoms with Crippen LogP contribution in [-0.4, -0.2) is 13.4 Å². The maximum Gasteiger partial charge on any atom is 0.272 e. The number of hydrogen-bond donors (Lipinski definition) is 1. The monoisotopic (exact) mass is 370 g/mol. The Balaban J connectivity index is 2.33. The highest BCUT2D eigenvalue weighted by molar-refractivity contribution is 9.11. The first kappa shape index (κ1) is 13.7. The number of rotatable bonds is 3. The highest BCUT2D eigenvalue weighted by Crippen LogP contribution is 2.35. The van der Waals surface area contributed by atoms with Crippen molar-refractivity contribution in [1.29, 1.82) is 0 Å². The molecule has 4 nitrogen and oxygen atoms in total. The van der Waals surface area contributed by atoms with Gasteiger partial charge in [0.05, 0.1) is 8.81 Å². The van der Waals surface area contributed by atoms with Gasteiger partial charge in [-0.25, -0.2) is 13.4 Å². The molecule has 2 heterocycles. The molecule has 0 aliphatic heterocycles. The third kappa shape index (κ3) is 3.00. The largest absolute Gasteiger partial charge is 0.272 e. The molecular weight excluding hydrogens is 367 g/mol. The Morgan fingerprint density at radius 1 is 1.44 bits per heavy atom. The third-order valence-electron chi connectivity index (χ3n) is 1.84. The minimum Gasteiger partial charge on any atom is -0.263 e. The summed E-state index contributed by atoms with van der Waals surface area (Å²) < 4.78 is 39.4. The lowest BCUT2D eigenvalue weighted by Crippen LogP contribution is -2.12. The third-order valence-corrected chi connectivity index (χ3v) is 6.14. The highest BCUT2D eigenvalue weighted by Gasteiger charge is 2.19. The summed E-state index contributed by atoms with van der Waals surface area (Å²) in [4.78, 5) is 3.42. The van der Waals surface area contributed by atoms with E-state index in [1.54, 1.807) is 0 Å². The lowest BCUT2D eigenvalue weighted by molar-refractivity contribution is 0.585. The molecule has 9 heteroatoms. The minimum atomic E-state index is -3.81. The number of nitrogens with one attached hydrogen (secondary N) is 1. The van der Waals surface area contributed by atoms with Crippen molar-refractivity contribution in [3.63, 3.8) is 0 Å². The number of aromatic nitrogens is 1. The normalized spacial score (nSPS) is 11.5. The zero-order valence-corrected chi connectivity index (χ0v) is 12.5. The Kier molecular flexibility index (Phi) is 3.90. The summed E-state index contributed by atoms with van der Waals surface area (Å²) in [5.74, 6) is -0.851. The molecule has 0 aromatic carbocycles. The van der Waals surface area contributed by atoms with Crippen LogP contribution in [0.5, 0.6) is 0 Å². The fourth-order valence-corrected chi connectivity index (χ4v) is 4.51. The van der Waals surface area contributed by atoms with Gasteiger partial charge in [0.15, 0.2) is 0 Å². The van der Waals surface area contributed by atoms with E-state index in [4.69, 9.17) is 11.6 Å². The van der Waals surface area contributed by atoms with E-state index < -0.39 is 16.0 Å². The van der Waals surface area contributed by atoms with Crippen LogP contribution in [0.4, 0.5) is 10.2 Å². The van der Waals surface area contributed by atoms with Gasteiger partial charge in [0.25, 0.3) is 10.0 Å². The van der Waals surface area contributed by atoms with Crippen molar-refractivity contribution in [2.45, 2.75) is 4.21 Å². The molecule has 0 amide bonds. The standard InChI is InChI=1S/C9H5BrClFN2O2S2/c10-9-5(11)4-8(17-9)18(15,16)14-7-3-1-2-6(12)13-7/h1-4H,(H,13,14). The highest BCUT2D eigenvalue weighted by atomic mass is 79.9. The van der Waals surface area contributed by atoms with Gasteiger partial charge in [-0.1, -0.05) is 17.7 Å². The molecule has 2 rings (SSSR count). The smallest absolute Gasteiger partial charge is 0.263 e. The van der Waals surface area contributed by atoms with Crippen LogP contribution in [0.1, 0.15) is 0 Å². The Morgan fingerprint density at radius 3 is 2.72 bits per heavy atom. The van der Waals surface area contributed by atoms with Crippen LogP contribution in [0, 0.1) is 5.95 Å². The maximum atomic E-state index is 12.8. The number of anilines is 1. The SMILES string of the molecule is O=S(=O)(Nc1cccc(F)n1)c1cc(Cl)c(Br)s1. The van der Waals surface area contributed by atoms with Gasteiger partial charge >= 0.3 is 0 Å². The van der Waals surface area contributed by atoms with E-state index in [0.717, 1.165) is 17.4 Å². The van der Waals surface area contributed by atoms with Crippen molar-refractivity contribution in [2.75, 3.05) is 4.72 Å². The maximum absolute atomic E-state index is 12.8. The number of nitrogens with zero attached hydrogens (tertiary/aromatic N) is 1. The van der Waals surface area contributed by atoms with E-state index in [-0.39, 0.29) is 10.0 Å². The molecule has 0 atom stereocenters. The van der Waals surface area contributed by atoms with Crippen LogP contribution in [0.15, 0.2) is 32.3 Å². The van der Waals surface area contributed by atoms with Crippen LogP contribution in [0.2, 0.25) is 5.02 Å². The average Bonchev–Trinajstić information content (AvgIpc) is 2.59. The van der Waals surface area contributed by atoms with Crippen molar-refractivity contribution < 1.29 is 12.8 Å². The first-order valence-electron chi connectivity index (χ1n) is 4.49. The quantitative estimate of drug-likeness (QED) is 0.840. The van der Waals surface area contributed by atoms with Gasteiger partial charge in [0.2, 0.25) is 5.95 Å². The lowest BCUT2D eigenvalue weighted by atomic mass is 10.5. The molecule has 0 spiro atoms. The number of halogens is 3. The Bertz CT molecular complexity index is 670. The molecule has 0 unspecified atom stereocenters. The van der Waals surface area contributed by atoms with Gasteiger partial charge in [-0.15, -0.1) is 11.3 Å². The second kappa shape index (κ2) is 5.12. The van der Waals surface area contributed by atoms with Gasteiger partial charge < -0.3 is 0 Å². The molecule has 0 aliphatic rings. The summed E-state index contributed by atoms with van der Waals surface area (Å²) >= 11 is 9.84. The lowest BCUT2D eigenvalue weighted by Gasteiger charge is -2.04. The average molecular weight is 372 g/mol.